The Morgan fingerprint density at radius 1 is 1.21 bits per heavy atom. The number of carbonyl (C=O) groups is 2. The van der Waals surface area contributed by atoms with Crippen molar-refractivity contribution in [2.24, 2.45) is 11.5 Å². The minimum Gasteiger partial charge on any atom is -0.448 e. The zero-order chi connectivity index (χ0) is 14.3. The fourth-order valence-corrected chi connectivity index (χ4v) is 1.51. The van der Waals surface area contributed by atoms with Crippen molar-refractivity contribution in [2.75, 3.05) is 13.2 Å². The molecule has 0 saturated heterocycles. The van der Waals surface area contributed by atoms with Gasteiger partial charge < -0.3 is 21.5 Å². The van der Waals surface area contributed by atoms with Crippen molar-refractivity contribution >= 4 is 29.2 Å². The molecule has 5 N–H and O–H groups in total. The van der Waals surface area contributed by atoms with Crippen LogP contribution in [0.25, 0.3) is 0 Å². The maximum Gasteiger partial charge on any atom is 0.404 e. The highest BCUT2D eigenvalue weighted by Crippen LogP contribution is 2.05. The Kier molecular flexibility index (Phi) is 5.74. The van der Waals surface area contributed by atoms with Crippen molar-refractivity contribution in [1.82, 2.24) is 5.32 Å². The summed E-state index contributed by atoms with van der Waals surface area (Å²) in [6.07, 6.45) is -0.628. The molecule has 0 aliphatic carbocycles. The van der Waals surface area contributed by atoms with Gasteiger partial charge in [-0.05, 0) is 5.56 Å². The summed E-state index contributed by atoms with van der Waals surface area (Å²) in [5.74, 6) is -0.170. The van der Waals surface area contributed by atoms with Gasteiger partial charge >= 0.3 is 6.09 Å². The smallest absolute Gasteiger partial charge is 0.404 e. The van der Waals surface area contributed by atoms with Gasteiger partial charge in [-0.15, -0.1) is 0 Å². The van der Waals surface area contributed by atoms with Gasteiger partial charge in [0.15, 0.2) is 0 Å². The first-order chi connectivity index (χ1) is 8.99. The van der Waals surface area contributed by atoms with Crippen LogP contribution in [-0.4, -0.2) is 30.1 Å². The molecule has 0 aromatic heterocycles. The van der Waals surface area contributed by atoms with Crippen LogP contribution in [-0.2, 0) is 16.0 Å². The normalized spacial score (nSPS) is 9.68. The van der Waals surface area contributed by atoms with Crippen LogP contribution in [0.15, 0.2) is 24.3 Å². The van der Waals surface area contributed by atoms with Crippen LogP contribution in [0.1, 0.15) is 11.1 Å². The van der Waals surface area contributed by atoms with Crippen LogP contribution >= 0.6 is 12.2 Å². The number of ether oxygens (including phenoxy) is 1. The summed E-state index contributed by atoms with van der Waals surface area (Å²) in [5, 5.41) is 2.60. The molecular formula is C12H15N3O3S. The van der Waals surface area contributed by atoms with Gasteiger partial charge in [-0.3, -0.25) is 4.79 Å². The lowest BCUT2D eigenvalue weighted by atomic mass is 10.1. The summed E-state index contributed by atoms with van der Waals surface area (Å²) in [7, 11) is 0. The van der Waals surface area contributed by atoms with E-state index in [1.807, 2.05) is 0 Å². The predicted molar refractivity (Wildman–Crippen MR) is 74.6 cm³/mol. The van der Waals surface area contributed by atoms with Gasteiger partial charge in [0, 0.05) is 5.56 Å². The van der Waals surface area contributed by atoms with E-state index in [1.54, 1.807) is 24.3 Å². The molecule has 0 saturated carbocycles. The molecule has 0 spiro atoms. The van der Waals surface area contributed by atoms with E-state index in [4.69, 9.17) is 23.7 Å². The highest BCUT2D eigenvalue weighted by molar-refractivity contribution is 7.80. The lowest BCUT2D eigenvalue weighted by Gasteiger charge is -2.06. The molecule has 0 atom stereocenters. The van der Waals surface area contributed by atoms with E-state index in [0.29, 0.717) is 4.99 Å². The Balaban J connectivity index is 2.35. The van der Waals surface area contributed by atoms with E-state index in [9.17, 15) is 9.59 Å². The van der Waals surface area contributed by atoms with Crippen LogP contribution in [0.2, 0.25) is 0 Å². The van der Waals surface area contributed by atoms with E-state index < -0.39 is 6.09 Å². The van der Waals surface area contributed by atoms with Crippen molar-refractivity contribution < 1.29 is 14.3 Å². The summed E-state index contributed by atoms with van der Waals surface area (Å²) >= 11 is 4.83. The lowest BCUT2D eigenvalue weighted by molar-refractivity contribution is -0.120. The van der Waals surface area contributed by atoms with Gasteiger partial charge in [0.1, 0.15) is 11.6 Å². The van der Waals surface area contributed by atoms with Crippen LogP contribution in [0, 0.1) is 0 Å². The fraction of sp³-hybridized carbons (Fsp3) is 0.250. The fourth-order valence-electron chi connectivity index (χ4n) is 1.38. The number of rotatable bonds is 6. The maximum atomic E-state index is 11.5. The monoisotopic (exact) mass is 281 g/mol. The molecule has 6 nitrogen and oxygen atoms in total. The van der Waals surface area contributed by atoms with Gasteiger partial charge in [0.25, 0.3) is 0 Å². The van der Waals surface area contributed by atoms with Crippen LogP contribution in [0.4, 0.5) is 4.79 Å². The number of nitrogens with one attached hydrogen (secondary N) is 1. The summed E-state index contributed by atoms with van der Waals surface area (Å²) in [6, 6.07) is 7.10. The first-order valence-corrected chi connectivity index (χ1v) is 5.97. The molecular weight excluding hydrogens is 266 g/mol. The lowest BCUT2D eigenvalue weighted by Crippen LogP contribution is -2.30. The number of amides is 2. The average molecular weight is 281 g/mol. The number of benzene rings is 1. The zero-order valence-corrected chi connectivity index (χ0v) is 11.0. The van der Waals surface area contributed by atoms with Gasteiger partial charge in [-0.25, -0.2) is 4.79 Å². The quantitative estimate of drug-likeness (QED) is 0.505. The molecule has 1 rings (SSSR count). The summed E-state index contributed by atoms with van der Waals surface area (Å²) in [4.78, 5) is 22.2. The minimum atomic E-state index is -0.859. The maximum absolute atomic E-state index is 11.5. The van der Waals surface area contributed by atoms with Crippen LogP contribution in [0.5, 0.6) is 0 Å². The van der Waals surface area contributed by atoms with Gasteiger partial charge in [0.2, 0.25) is 5.91 Å². The second-order valence-electron chi connectivity index (χ2n) is 3.76. The SMILES string of the molecule is NC(=O)OCCNC(=O)Cc1ccc(C(N)=S)cc1. The molecule has 1 aromatic carbocycles. The first-order valence-electron chi connectivity index (χ1n) is 5.56. The van der Waals surface area contributed by atoms with Gasteiger partial charge in [0.05, 0.1) is 13.0 Å². The second-order valence-corrected chi connectivity index (χ2v) is 4.20. The molecule has 1 aromatic rings. The number of primary amides is 1. The van der Waals surface area contributed by atoms with Crippen molar-refractivity contribution in [3.8, 4) is 0 Å². The molecule has 0 bridgehead atoms. The zero-order valence-electron chi connectivity index (χ0n) is 10.2. The number of carbonyl (C=O) groups excluding carboxylic acids is 2. The van der Waals surface area contributed by atoms with Crippen LogP contribution < -0.4 is 16.8 Å². The van der Waals surface area contributed by atoms with Crippen molar-refractivity contribution in [2.45, 2.75) is 6.42 Å². The predicted octanol–water partition coefficient (Wildman–Crippen LogP) is 0.0748. The molecule has 0 fully saturated rings. The summed E-state index contributed by atoms with van der Waals surface area (Å²) < 4.78 is 4.48. The van der Waals surface area contributed by atoms with Gasteiger partial charge in [-0.2, -0.15) is 0 Å². The Bertz CT molecular complexity index is 474. The molecule has 2 amide bonds. The summed E-state index contributed by atoms with van der Waals surface area (Å²) in [6.45, 7) is 0.286. The third-order valence-electron chi connectivity index (χ3n) is 2.27. The molecule has 0 aliphatic heterocycles. The van der Waals surface area contributed by atoms with Crippen molar-refractivity contribution in [1.29, 1.82) is 0 Å². The Morgan fingerprint density at radius 2 is 1.84 bits per heavy atom. The van der Waals surface area contributed by atoms with Gasteiger partial charge in [-0.1, -0.05) is 36.5 Å². The van der Waals surface area contributed by atoms with Crippen LogP contribution in [0.3, 0.4) is 0 Å². The Morgan fingerprint density at radius 3 is 2.37 bits per heavy atom. The standard InChI is InChI=1S/C12H15N3O3S/c13-11(19)9-3-1-8(2-4-9)7-10(16)15-5-6-18-12(14)17/h1-4H,5-7H2,(H2,13,19)(H2,14,17)(H,15,16). The second kappa shape index (κ2) is 7.32. The highest BCUT2D eigenvalue weighted by Gasteiger charge is 2.04. The number of nitrogens with two attached hydrogens (primary N) is 2. The average Bonchev–Trinajstić information content (AvgIpc) is 2.35. The van der Waals surface area contributed by atoms with E-state index >= 15 is 0 Å². The molecule has 0 heterocycles. The first kappa shape index (κ1) is 14.9. The van der Waals surface area contributed by atoms with Crippen molar-refractivity contribution in [3.63, 3.8) is 0 Å². The summed E-state index contributed by atoms with van der Waals surface area (Å²) in [5.41, 5.74) is 11.8. The highest BCUT2D eigenvalue weighted by atomic mass is 32.1. The van der Waals surface area contributed by atoms with E-state index in [1.165, 1.54) is 0 Å². The van der Waals surface area contributed by atoms with E-state index in [-0.39, 0.29) is 25.5 Å². The Hall–Kier alpha value is -2.15. The minimum absolute atomic E-state index is 0.0570. The largest absolute Gasteiger partial charge is 0.448 e. The molecule has 102 valence electrons. The number of hydrogen-bond donors (Lipinski definition) is 3. The number of thiocarbonyl (C=S) groups is 1. The molecule has 0 aliphatic rings. The van der Waals surface area contributed by atoms with Crippen molar-refractivity contribution in [3.05, 3.63) is 35.4 Å². The molecule has 0 unspecified atom stereocenters. The third kappa shape index (κ3) is 5.82. The third-order valence-corrected chi connectivity index (χ3v) is 2.51. The van der Waals surface area contributed by atoms with E-state index in [0.717, 1.165) is 11.1 Å². The molecule has 0 radical (unpaired) electrons. The topological polar surface area (TPSA) is 107 Å². The molecule has 7 heteroatoms. The number of hydrogen-bond acceptors (Lipinski definition) is 4. The van der Waals surface area contributed by atoms with E-state index in [2.05, 4.69) is 10.1 Å². The Labute approximate surface area is 116 Å². The molecule has 19 heavy (non-hydrogen) atoms.